The smallest absolute Gasteiger partial charge is 0.331 e. The first-order chi connectivity index (χ1) is 12.9. The van der Waals surface area contributed by atoms with Crippen molar-refractivity contribution in [2.24, 2.45) is 0 Å². The molecule has 1 aliphatic rings. The summed E-state index contributed by atoms with van der Waals surface area (Å²) in [6.07, 6.45) is 2.52. The molecule has 0 aliphatic carbocycles. The number of carbonyl (C=O) groups excluding carboxylic acids is 2. The molecule has 0 radical (unpaired) electrons. The van der Waals surface area contributed by atoms with E-state index in [4.69, 9.17) is 25.8 Å². The van der Waals surface area contributed by atoms with Gasteiger partial charge in [-0.3, -0.25) is 4.79 Å². The molecule has 1 heterocycles. The molecule has 0 atom stereocenters. The number of amides is 1. The predicted octanol–water partition coefficient (Wildman–Crippen LogP) is 3.54. The van der Waals surface area contributed by atoms with Crippen molar-refractivity contribution in [1.29, 1.82) is 0 Å². The number of hydrogen-bond donors (Lipinski definition) is 1. The lowest BCUT2D eigenvalue weighted by Crippen LogP contribution is -2.20. The van der Waals surface area contributed by atoms with Gasteiger partial charge >= 0.3 is 5.97 Å². The highest BCUT2D eigenvalue weighted by Crippen LogP contribution is 2.40. The molecule has 0 spiro atoms. The second-order valence-corrected chi connectivity index (χ2v) is 5.76. The van der Waals surface area contributed by atoms with Gasteiger partial charge in [-0.15, -0.1) is 0 Å². The van der Waals surface area contributed by atoms with Crippen LogP contribution in [0.3, 0.4) is 0 Å². The van der Waals surface area contributed by atoms with Crippen LogP contribution in [-0.2, 0) is 14.3 Å². The Morgan fingerprint density at radius 3 is 2.81 bits per heavy atom. The molecule has 3 rings (SSSR count). The molecule has 2 aromatic carbocycles. The monoisotopic (exact) mass is 395 g/mol. The number of halogens is 3. The van der Waals surface area contributed by atoms with Gasteiger partial charge in [0.2, 0.25) is 6.79 Å². The molecule has 1 N–H and O–H groups in total. The molecule has 2 aromatic rings. The summed E-state index contributed by atoms with van der Waals surface area (Å²) in [4.78, 5) is 23.4. The molecule has 140 valence electrons. The van der Waals surface area contributed by atoms with Crippen LogP contribution < -0.4 is 14.8 Å². The van der Waals surface area contributed by atoms with E-state index in [2.05, 4.69) is 5.32 Å². The van der Waals surface area contributed by atoms with Crippen LogP contribution in [0, 0.1) is 11.6 Å². The van der Waals surface area contributed by atoms with Gasteiger partial charge in [0.15, 0.2) is 18.1 Å². The number of carbonyl (C=O) groups is 2. The van der Waals surface area contributed by atoms with Gasteiger partial charge in [0.25, 0.3) is 5.91 Å². The van der Waals surface area contributed by atoms with E-state index in [1.165, 1.54) is 6.08 Å². The lowest BCUT2D eigenvalue weighted by molar-refractivity contribution is -0.142. The SMILES string of the molecule is O=C(COC(=O)/C=C/c1cc(Cl)c2c(c1)OCO2)Nc1ccc(F)cc1F. The minimum absolute atomic E-state index is 0.0635. The van der Waals surface area contributed by atoms with Crippen LogP contribution in [-0.4, -0.2) is 25.3 Å². The third kappa shape index (κ3) is 4.73. The third-order valence-electron chi connectivity index (χ3n) is 3.41. The number of rotatable bonds is 5. The summed E-state index contributed by atoms with van der Waals surface area (Å²) in [5.41, 5.74) is 0.349. The lowest BCUT2D eigenvalue weighted by Gasteiger charge is -2.06. The van der Waals surface area contributed by atoms with Crippen LogP contribution in [0.1, 0.15) is 5.56 Å². The summed E-state index contributed by atoms with van der Waals surface area (Å²) < 4.78 is 41.4. The maximum atomic E-state index is 13.4. The van der Waals surface area contributed by atoms with E-state index in [0.717, 1.165) is 18.2 Å². The zero-order valence-corrected chi connectivity index (χ0v) is 14.4. The van der Waals surface area contributed by atoms with E-state index in [0.29, 0.717) is 28.2 Å². The van der Waals surface area contributed by atoms with Gasteiger partial charge in [0, 0.05) is 12.1 Å². The normalized spacial score (nSPS) is 12.3. The van der Waals surface area contributed by atoms with Gasteiger partial charge in [-0.25, -0.2) is 13.6 Å². The molecule has 0 unspecified atom stereocenters. The van der Waals surface area contributed by atoms with E-state index in [1.54, 1.807) is 12.1 Å². The zero-order chi connectivity index (χ0) is 19.4. The molecule has 0 fully saturated rings. The summed E-state index contributed by atoms with van der Waals surface area (Å²) >= 11 is 6.03. The molecule has 0 aromatic heterocycles. The fourth-order valence-electron chi connectivity index (χ4n) is 2.21. The minimum Gasteiger partial charge on any atom is -0.454 e. The average Bonchev–Trinajstić information content (AvgIpc) is 3.10. The second-order valence-electron chi connectivity index (χ2n) is 5.35. The van der Waals surface area contributed by atoms with Crippen LogP contribution in [0.25, 0.3) is 6.08 Å². The highest BCUT2D eigenvalue weighted by atomic mass is 35.5. The summed E-state index contributed by atoms with van der Waals surface area (Å²) in [5.74, 6) is -2.39. The van der Waals surface area contributed by atoms with E-state index in [9.17, 15) is 18.4 Å². The van der Waals surface area contributed by atoms with Crippen molar-refractivity contribution in [3.8, 4) is 11.5 Å². The largest absolute Gasteiger partial charge is 0.454 e. The average molecular weight is 396 g/mol. The number of anilines is 1. The van der Waals surface area contributed by atoms with Crippen LogP contribution in [0.15, 0.2) is 36.4 Å². The van der Waals surface area contributed by atoms with E-state index < -0.39 is 30.1 Å². The van der Waals surface area contributed by atoms with Gasteiger partial charge in [-0.2, -0.15) is 0 Å². The molecule has 0 bridgehead atoms. The summed E-state index contributed by atoms with van der Waals surface area (Å²) in [6.45, 7) is -0.574. The maximum absolute atomic E-state index is 13.4. The van der Waals surface area contributed by atoms with Crippen LogP contribution in [0.4, 0.5) is 14.5 Å². The number of ether oxygens (including phenoxy) is 3. The number of hydrogen-bond acceptors (Lipinski definition) is 5. The van der Waals surface area contributed by atoms with E-state index in [1.807, 2.05) is 0 Å². The minimum atomic E-state index is -0.936. The first-order valence-electron chi connectivity index (χ1n) is 7.61. The topological polar surface area (TPSA) is 73.9 Å². The van der Waals surface area contributed by atoms with Crippen molar-refractivity contribution in [3.63, 3.8) is 0 Å². The van der Waals surface area contributed by atoms with E-state index in [-0.39, 0.29) is 12.5 Å². The van der Waals surface area contributed by atoms with Crippen LogP contribution in [0.5, 0.6) is 11.5 Å². The highest BCUT2D eigenvalue weighted by molar-refractivity contribution is 6.32. The zero-order valence-electron chi connectivity index (χ0n) is 13.6. The Morgan fingerprint density at radius 1 is 1.22 bits per heavy atom. The van der Waals surface area contributed by atoms with Gasteiger partial charge in [-0.1, -0.05) is 11.6 Å². The fraction of sp³-hybridized carbons (Fsp3) is 0.111. The molecule has 1 aliphatic heterocycles. The Hall–Kier alpha value is -3.13. The maximum Gasteiger partial charge on any atom is 0.331 e. The number of fused-ring (bicyclic) bond motifs is 1. The standard InChI is InChI=1S/C18H12ClF2NO5/c19-12-5-10(6-15-18(12)27-9-26-15)1-4-17(24)25-8-16(23)22-14-3-2-11(20)7-13(14)21/h1-7H,8-9H2,(H,22,23)/b4-1+. The first kappa shape index (κ1) is 18.7. The summed E-state index contributed by atoms with van der Waals surface area (Å²) in [6, 6.07) is 5.88. The number of nitrogens with one attached hydrogen (secondary N) is 1. The van der Waals surface area contributed by atoms with Crippen LogP contribution >= 0.6 is 11.6 Å². The van der Waals surface area contributed by atoms with Crippen molar-refractivity contribution in [2.45, 2.75) is 0 Å². The Bertz CT molecular complexity index is 932. The molecule has 9 heteroatoms. The van der Waals surface area contributed by atoms with Gasteiger partial charge in [0.05, 0.1) is 10.7 Å². The fourth-order valence-corrected chi connectivity index (χ4v) is 2.48. The molecule has 6 nitrogen and oxygen atoms in total. The van der Waals surface area contributed by atoms with Gasteiger partial charge in [0.1, 0.15) is 11.6 Å². The number of benzene rings is 2. The first-order valence-corrected chi connectivity index (χ1v) is 7.99. The molecular weight excluding hydrogens is 384 g/mol. The second kappa shape index (κ2) is 8.05. The Morgan fingerprint density at radius 2 is 2.04 bits per heavy atom. The Labute approximate surface area is 157 Å². The van der Waals surface area contributed by atoms with Crippen molar-refractivity contribution >= 4 is 35.2 Å². The predicted molar refractivity (Wildman–Crippen MR) is 92.6 cm³/mol. The molecular formula is C18H12ClF2NO5. The quantitative estimate of drug-likeness (QED) is 0.619. The number of esters is 1. The van der Waals surface area contributed by atoms with Gasteiger partial charge < -0.3 is 19.5 Å². The van der Waals surface area contributed by atoms with Crippen molar-refractivity contribution < 1.29 is 32.6 Å². The van der Waals surface area contributed by atoms with Crippen LogP contribution in [0.2, 0.25) is 5.02 Å². The molecule has 0 saturated carbocycles. The molecule has 0 saturated heterocycles. The molecule has 27 heavy (non-hydrogen) atoms. The Kier molecular flexibility index (Phi) is 5.56. The lowest BCUT2D eigenvalue weighted by atomic mass is 10.2. The van der Waals surface area contributed by atoms with Crippen molar-refractivity contribution in [1.82, 2.24) is 0 Å². The van der Waals surface area contributed by atoms with Crippen molar-refractivity contribution in [3.05, 3.63) is 58.6 Å². The van der Waals surface area contributed by atoms with Gasteiger partial charge in [-0.05, 0) is 35.9 Å². The third-order valence-corrected chi connectivity index (χ3v) is 3.69. The Balaban J connectivity index is 1.53. The highest BCUT2D eigenvalue weighted by Gasteiger charge is 2.17. The summed E-state index contributed by atoms with van der Waals surface area (Å²) in [7, 11) is 0. The summed E-state index contributed by atoms with van der Waals surface area (Å²) in [5, 5.41) is 2.50. The molecule has 1 amide bonds. The van der Waals surface area contributed by atoms with Crippen molar-refractivity contribution in [2.75, 3.05) is 18.7 Å². The van der Waals surface area contributed by atoms with E-state index >= 15 is 0 Å².